The van der Waals surface area contributed by atoms with Crippen LogP contribution in [-0.4, -0.2) is 33.9 Å². The Hall–Kier alpha value is -2.89. The first kappa shape index (κ1) is 19.1. The quantitative estimate of drug-likeness (QED) is 0.650. The van der Waals surface area contributed by atoms with Gasteiger partial charge in [-0.3, -0.25) is 4.79 Å². The number of benzene rings is 1. The van der Waals surface area contributed by atoms with Gasteiger partial charge in [0.05, 0.1) is 5.52 Å². The summed E-state index contributed by atoms with van der Waals surface area (Å²) in [5.41, 5.74) is 5.32. The van der Waals surface area contributed by atoms with E-state index in [1.54, 1.807) is 6.07 Å². The van der Waals surface area contributed by atoms with Gasteiger partial charge in [-0.25, -0.2) is 9.37 Å². The predicted molar refractivity (Wildman–Crippen MR) is 116 cm³/mol. The summed E-state index contributed by atoms with van der Waals surface area (Å²) >= 11 is 0. The van der Waals surface area contributed by atoms with Crippen LogP contribution in [0.2, 0.25) is 0 Å². The molecule has 1 aromatic carbocycles. The van der Waals surface area contributed by atoms with Crippen LogP contribution in [0.5, 0.6) is 0 Å². The van der Waals surface area contributed by atoms with Gasteiger partial charge < -0.3 is 15.2 Å². The molecule has 2 fully saturated rings. The highest BCUT2D eigenvalue weighted by molar-refractivity contribution is 6.01. The van der Waals surface area contributed by atoms with Gasteiger partial charge in [0, 0.05) is 41.7 Å². The van der Waals surface area contributed by atoms with E-state index in [1.807, 2.05) is 37.8 Å². The second-order valence-electron chi connectivity index (χ2n) is 9.06. The number of aryl methyl sites for hydroxylation is 3. The number of pyridine rings is 1. The van der Waals surface area contributed by atoms with Crippen molar-refractivity contribution in [1.29, 1.82) is 0 Å². The van der Waals surface area contributed by atoms with Crippen molar-refractivity contribution < 1.29 is 9.18 Å². The third kappa shape index (κ3) is 2.97. The number of rotatable bonds is 4. The fourth-order valence-electron chi connectivity index (χ4n) is 4.81. The van der Waals surface area contributed by atoms with Gasteiger partial charge in [-0.05, 0) is 56.9 Å². The molecule has 5 rings (SSSR count). The third-order valence-electron chi connectivity index (χ3n) is 7.06. The molecule has 2 N–H and O–H groups in total. The summed E-state index contributed by atoms with van der Waals surface area (Å²) in [4.78, 5) is 23.1. The maximum Gasteiger partial charge on any atom is 0.272 e. The number of hydrogen-bond acceptors (Lipinski definition) is 3. The molecule has 2 aromatic heterocycles. The van der Waals surface area contributed by atoms with Crippen LogP contribution in [0.3, 0.4) is 0 Å². The molecule has 30 heavy (non-hydrogen) atoms. The maximum absolute atomic E-state index is 14.3. The highest BCUT2D eigenvalue weighted by Crippen LogP contribution is 2.48. The van der Waals surface area contributed by atoms with Crippen LogP contribution in [0.25, 0.3) is 10.9 Å². The molecule has 3 aromatic rings. The van der Waals surface area contributed by atoms with E-state index in [1.165, 1.54) is 25.3 Å². The van der Waals surface area contributed by atoms with E-state index >= 15 is 0 Å². The molecule has 2 aliphatic rings. The summed E-state index contributed by atoms with van der Waals surface area (Å²) in [5.74, 6) is 0.336. The van der Waals surface area contributed by atoms with Crippen molar-refractivity contribution >= 4 is 22.6 Å². The lowest BCUT2D eigenvalue weighted by molar-refractivity contribution is -0.0428. The largest absolute Gasteiger partial charge is 0.364 e. The Kier molecular flexibility index (Phi) is 4.34. The number of anilines is 1. The number of halogens is 1. The van der Waals surface area contributed by atoms with Crippen molar-refractivity contribution in [1.82, 2.24) is 14.9 Å². The number of aromatic amines is 1. The summed E-state index contributed by atoms with van der Waals surface area (Å²) < 4.78 is 14.3. The lowest BCUT2D eigenvalue weighted by Gasteiger charge is -2.55. The van der Waals surface area contributed by atoms with Gasteiger partial charge in [-0.15, -0.1) is 0 Å². The van der Waals surface area contributed by atoms with Crippen molar-refractivity contribution in [2.75, 3.05) is 18.4 Å². The zero-order chi connectivity index (χ0) is 21.0. The number of fused-ring (bicyclic) bond motifs is 1. The maximum atomic E-state index is 14.3. The van der Waals surface area contributed by atoms with Gasteiger partial charge in [0.25, 0.3) is 5.91 Å². The van der Waals surface area contributed by atoms with Gasteiger partial charge in [0.1, 0.15) is 11.5 Å². The fourth-order valence-corrected chi connectivity index (χ4v) is 4.81. The summed E-state index contributed by atoms with van der Waals surface area (Å²) in [6, 6.07) is 6.97. The molecule has 5 nitrogen and oxygen atoms in total. The van der Waals surface area contributed by atoms with Gasteiger partial charge in [-0.2, -0.15) is 0 Å². The lowest BCUT2D eigenvalue weighted by atomic mass is 9.63. The number of likely N-dealkylation sites (tertiary alicyclic amines) is 1. The topological polar surface area (TPSA) is 61.0 Å². The molecule has 0 atom stereocenters. The molecule has 0 bridgehead atoms. The average molecular weight is 407 g/mol. The number of H-pyrrole nitrogens is 1. The van der Waals surface area contributed by atoms with Crippen LogP contribution in [0.1, 0.15) is 52.1 Å². The van der Waals surface area contributed by atoms with Gasteiger partial charge in [0.2, 0.25) is 0 Å². The highest BCUT2D eigenvalue weighted by Gasteiger charge is 2.49. The molecule has 1 aliphatic heterocycles. The third-order valence-corrected chi connectivity index (χ3v) is 7.06. The number of carbonyl (C=O) groups is 1. The Morgan fingerprint density at radius 2 is 2.03 bits per heavy atom. The Morgan fingerprint density at radius 1 is 1.27 bits per heavy atom. The first-order valence-corrected chi connectivity index (χ1v) is 10.6. The molecule has 0 unspecified atom stereocenters. The average Bonchev–Trinajstić information content (AvgIpc) is 2.93. The number of aromatic nitrogens is 2. The number of nitrogens with zero attached hydrogens (tertiary/aromatic N) is 2. The number of nitrogens with one attached hydrogen (secondary N) is 2. The molecule has 1 aliphatic carbocycles. The molecule has 6 heteroatoms. The molecule has 156 valence electrons. The summed E-state index contributed by atoms with van der Waals surface area (Å²) in [6.07, 6.45) is 3.74. The van der Waals surface area contributed by atoms with Crippen LogP contribution < -0.4 is 5.32 Å². The van der Waals surface area contributed by atoms with Crippen LogP contribution in [0.4, 0.5) is 10.2 Å². The Balaban J connectivity index is 1.47. The van der Waals surface area contributed by atoms with Crippen LogP contribution >= 0.6 is 0 Å². The first-order chi connectivity index (χ1) is 14.4. The van der Waals surface area contributed by atoms with Gasteiger partial charge >= 0.3 is 0 Å². The van der Waals surface area contributed by atoms with E-state index in [2.05, 4.69) is 15.3 Å². The van der Waals surface area contributed by atoms with E-state index < -0.39 is 0 Å². The number of hydrogen-bond donors (Lipinski definition) is 2. The lowest BCUT2D eigenvalue weighted by Crippen LogP contribution is -2.61. The van der Waals surface area contributed by atoms with E-state index in [0.717, 1.165) is 40.8 Å². The first-order valence-electron chi connectivity index (χ1n) is 10.6. The van der Waals surface area contributed by atoms with E-state index in [4.69, 9.17) is 0 Å². The van der Waals surface area contributed by atoms with Gasteiger partial charge in [-0.1, -0.05) is 18.6 Å². The molecule has 1 spiro atoms. The minimum Gasteiger partial charge on any atom is -0.364 e. The highest BCUT2D eigenvalue weighted by atomic mass is 19.1. The van der Waals surface area contributed by atoms with Crippen molar-refractivity contribution in [3.63, 3.8) is 0 Å². The van der Waals surface area contributed by atoms with E-state index in [0.29, 0.717) is 29.0 Å². The SMILES string of the molecule is Cc1cccc(F)c1CNc1nc(C(=O)N2CC3(CCC3)C2)cc2c(C)c(C)[nH]c12. The molecule has 1 saturated carbocycles. The Labute approximate surface area is 175 Å². The van der Waals surface area contributed by atoms with Crippen molar-refractivity contribution in [2.24, 2.45) is 5.41 Å². The van der Waals surface area contributed by atoms with Gasteiger partial charge in [0.15, 0.2) is 5.82 Å². The van der Waals surface area contributed by atoms with Crippen molar-refractivity contribution in [2.45, 2.75) is 46.6 Å². The monoisotopic (exact) mass is 406 g/mol. The zero-order valence-electron chi connectivity index (χ0n) is 17.7. The molecule has 1 saturated heterocycles. The normalized spacial score (nSPS) is 17.1. The second kappa shape index (κ2) is 6.83. The van der Waals surface area contributed by atoms with Crippen LogP contribution in [0.15, 0.2) is 24.3 Å². The van der Waals surface area contributed by atoms with E-state index in [9.17, 15) is 9.18 Å². The molecule has 1 amide bonds. The van der Waals surface area contributed by atoms with E-state index in [-0.39, 0.29) is 11.7 Å². The number of carbonyl (C=O) groups excluding carboxylic acids is 1. The summed E-state index contributed by atoms with van der Waals surface area (Å²) in [5, 5.41) is 4.27. The Morgan fingerprint density at radius 3 is 2.70 bits per heavy atom. The van der Waals surface area contributed by atoms with Crippen LogP contribution in [0, 0.1) is 32.0 Å². The molecular weight excluding hydrogens is 379 g/mol. The fraction of sp³-hybridized carbons (Fsp3) is 0.417. The summed E-state index contributed by atoms with van der Waals surface area (Å²) in [7, 11) is 0. The zero-order valence-corrected chi connectivity index (χ0v) is 17.7. The second-order valence-corrected chi connectivity index (χ2v) is 9.06. The molecule has 3 heterocycles. The predicted octanol–water partition coefficient (Wildman–Crippen LogP) is 4.87. The smallest absolute Gasteiger partial charge is 0.272 e. The molecular formula is C24H27FN4O. The van der Waals surface area contributed by atoms with Crippen molar-refractivity contribution in [3.05, 3.63) is 58.2 Å². The minimum atomic E-state index is -0.240. The Bertz CT molecular complexity index is 1130. The van der Waals surface area contributed by atoms with Crippen LogP contribution in [-0.2, 0) is 6.54 Å². The molecule has 0 radical (unpaired) electrons. The standard InChI is InChI=1S/C24H27FN4O/c1-14-6-4-7-19(25)18(14)11-26-22-21-17(15(2)16(3)27-21)10-20(28-22)23(30)29-12-24(13-29)8-5-9-24/h4,6-7,10,27H,5,8-9,11-13H2,1-3H3,(H,26,28). The number of amides is 1. The summed E-state index contributed by atoms with van der Waals surface area (Å²) in [6.45, 7) is 7.94. The minimum absolute atomic E-state index is 0.0159. The van der Waals surface area contributed by atoms with Crippen molar-refractivity contribution in [3.8, 4) is 0 Å².